The molecule has 0 aromatic heterocycles. The number of fused-ring (bicyclic) bond motifs is 1. The van der Waals surface area contributed by atoms with Gasteiger partial charge in [-0.3, -0.25) is 0 Å². The van der Waals surface area contributed by atoms with E-state index in [2.05, 4.69) is 0 Å². The molecular weight excluding hydrogens is 428 g/mol. The van der Waals surface area contributed by atoms with Crippen molar-refractivity contribution < 1.29 is 23.1 Å². The fraction of sp³-hybridized carbons (Fsp3) is 0.708. The lowest BCUT2D eigenvalue weighted by molar-refractivity contribution is 0.0481. The SMILES string of the molecule is CC1(OC(=O)N2CCC(CCCC(O)c3ccc4c(c3)CCN(S(C)(=O)=O)C4)CC2)CC1. The lowest BCUT2D eigenvalue weighted by Crippen LogP contribution is -2.40. The van der Waals surface area contributed by atoms with Crippen LogP contribution in [0.2, 0.25) is 0 Å². The van der Waals surface area contributed by atoms with Gasteiger partial charge in [-0.15, -0.1) is 0 Å². The maximum absolute atomic E-state index is 12.2. The minimum absolute atomic E-state index is 0.161. The molecule has 2 aliphatic heterocycles. The predicted octanol–water partition coefficient (Wildman–Crippen LogP) is 3.61. The van der Waals surface area contributed by atoms with Crippen molar-refractivity contribution in [1.29, 1.82) is 0 Å². The molecule has 1 aliphatic carbocycles. The first-order chi connectivity index (χ1) is 15.1. The van der Waals surface area contributed by atoms with Crippen LogP contribution in [0.15, 0.2) is 18.2 Å². The van der Waals surface area contributed by atoms with Gasteiger partial charge in [-0.1, -0.05) is 31.0 Å². The van der Waals surface area contributed by atoms with Gasteiger partial charge in [0, 0.05) is 26.2 Å². The Morgan fingerprint density at radius 1 is 1.22 bits per heavy atom. The fourth-order valence-corrected chi connectivity index (χ4v) is 5.56. The summed E-state index contributed by atoms with van der Waals surface area (Å²) in [6.45, 7) is 4.43. The van der Waals surface area contributed by atoms with Gasteiger partial charge in [0.2, 0.25) is 10.0 Å². The Morgan fingerprint density at radius 2 is 1.94 bits per heavy atom. The molecule has 1 saturated heterocycles. The molecule has 178 valence electrons. The van der Waals surface area contributed by atoms with Crippen LogP contribution >= 0.6 is 0 Å². The van der Waals surface area contributed by atoms with E-state index >= 15 is 0 Å². The number of piperidine rings is 1. The highest BCUT2D eigenvalue weighted by atomic mass is 32.2. The Bertz CT molecular complexity index is 936. The number of aliphatic hydroxyl groups excluding tert-OH is 1. The van der Waals surface area contributed by atoms with E-state index in [0.29, 0.717) is 25.4 Å². The number of sulfonamides is 1. The lowest BCUT2D eigenvalue weighted by Gasteiger charge is -2.32. The minimum Gasteiger partial charge on any atom is -0.443 e. The second-order valence-electron chi connectivity index (χ2n) is 10.1. The molecule has 1 N–H and O–H groups in total. The largest absolute Gasteiger partial charge is 0.443 e. The fourth-order valence-electron chi connectivity index (χ4n) is 4.76. The van der Waals surface area contributed by atoms with Crippen molar-refractivity contribution in [3.05, 3.63) is 34.9 Å². The summed E-state index contributed by atoms with van der Waals surface area (Å²) in [4.78, 5) is 14.1. The Kier molecular flexibility index (Phi) is 6.84. The van der Waals surface area contributed by atoms with E-state index in [0.717, 1.165) is 74.7 Å². The number of amides is 1. The second-order valence-corrected chi connectivity index (χ2v) is 12.1. The Labute approximate surface area is 191 Å². The highest BCUT2D eigenvalue weighted by molar-refractivity contribution is 7.88. The second kappa shape index (κ2) is 9.31. The van der Waals surface area contributed by atoms with Crippen LogP contribution < -0.4 is 0 Å². The van der Waals surface area contributed by atoms with E-state index in [-0.39, 0.29) is 11.7 Å². The summed E-state index contributed by atoms with van der Waals surface area (Å²) in [5, 5.41) is 10.7. The Balaban J connectivity index is 1.20. The average Bonchev–Trinajstić information content (AvgIpc) is 3.49. The number of hydrogen-bond acceptors (Lipinski definition) is 5. The Hall–Kier alpha value is -1.64. The number of carbonyl (C=O) groups is 1. The monoisotopic (exact) mass is 464 g/mol. The summed E-state index contributed by atoms with van der Waals surface area (Å²) in [7, 11) is -3.18. The zero-order chi connectivity index (χ0) is 22.9. The highest BCUT2D eigenvalue weighted by Gasteiger charge is 2.43. The van der Waals surface area contributed by atoms with Crippen LogP contribution in [0.5, 0.6) is 0 Å². The third-order valence-corrected chi connectivity index (χ3v) is 8.56. The van der Waals surface area contributed by atoms with E-state index in [4.69, 9.17) is 4.74 Å². The molecule has 7 nitrogen and oxygen atoms in total. The Morgan fingerprint density at radius 3 is 2.59 bits per heavy atom. The van der Waals surface area contributed by atoms with Crippen LogP contribution in [-0.2, 0) is 27.7 Å². The molecule has 32 heavy (non-hydrogen) atoms. The van der Waals surface area contributed by atoms with E-state index in [9.17, 15) is 18.3 Å². The molecule has 0 radical (unpaired) electrons. The van der Waals surface area contributed by atoms with Crippen molar-refractivity contribution in [3.63, 3.8) is 0 Å². The van der Waals surface area contributed by atoms with Crippen molar-refractivity contribution in [2.45, 2.75) is 76.5 Å². The van der Waals surface area contributed by atoms with Crippen molar-refractivity contribution in [2.24, 2.45) is 5.92 Å². The number of hydrogen-bond donors (Lipinski definition) is 1. The number of benzene rings is 1. The number of carbonyl (C=O) groups excluding carboxylic acids is 1. The summed E-state index contributed by atoms with van der Waals surface area (Å²) in [6, 6.07) is 5.94. The predicted molar refractivity (Wildman–Crippen MR) is 123 cm³/mol. The van der Waals surface area contributed by atoms with Crippen molar-refractivity contribution >= 4 is 16.1 Å². The average molecular weight is 465 g/mol. The molecule has 0 bridgehead atoms. The quantitative estimate of drug-likeness (QED) is 0.666. The molecule has 0 spiro atoms. The first-order valence-electron chi connectivity index (χ1n) is 11.9. The van der Waals surface area contributed by atoms with Crippen LogP contribution in [0.25, 0.3) is 0 Å². The number of ether oxygens (including phenoxy) is 1. The third kappa shape index (κ3) is 5.83. The van der Waals surface area contributed by atoms with Gasteiger partial charge in [-0.05, 0) is 68.1 Å². The van der Waals surface area contributed by atoms with E-state index in [1.165, 1.54) is 10.6 Å². The molecule has 1 saturated carbocycles. The van der Waals surface area contributed by atoms with E-state index in [1.54, 1.807) is 0 Å². The number of likely N-dealkylation sites (tertiary alicyclic amines) is 1. The molecule has 1 aromatic rings. The van der Waals surface area contributed by atoms with Gasteiger partial charge in [-0.25, -0.2) is 13.2 Å². The van der Waals surface area contributed by atoms with E-state index in [1.807, 2.05) is 30.0 Å². The smallest absolute Gasteiger partial charge is 0.410 e. The molecule has 1 atom stereocenters. The van der Waals surface area contributed by atoms with Crippen LogP contribution in [0.1, 0.15) is 74.7 Å². The van der Waals surface area contributed by atoms with Crippen LogP contribution in [-0.4, -0.2) is 60.3 Å². The highest BCUT2D eigenvalue weighted by Crippen LogP contribution is 2.39. The molecule has 1 amide bonds. The lowest BCUT2D eigenvalue weighted by atomic mass is 9.90. The van der Waals surface area contributed by atoms with Gasteiger partial charge in [0.1, 0.15) is 5.60 Å². The molecule has 2 fully saturated rings. The minimum atomic E-state index is -3.18. The van der Waals surface area contributed by atoms with Crippen molar-refractivity contribution in [2.75, 3.05) is 25.9 Å². The van der Waals surface area contributed by atoms with Gasteiger partial charge < -0.3 is 14.7 Å². The molecule has 3 aliphatic rings. The topological polar surface area (TPSA) is 87.2 Å². The number of rotatable bonds is 7. The molecule has 1 aromatic carbocycles. The maximum atomic E-state index is 12.2. The van der Waals surface area contributed by atoms with Gasteiger partial charge in [0.15, 0.2) is 0 Å². The summed E-state index contributed by atoms with van der Waals surface area (Å²) < 4.78 is 30.6. The maximum Gasteiger partial charge on any atom is 0.410 e. The van der Waals surface area contributed by atoms with Crippen LogP contribution in [0.3, 0.4) is 0 Å². The molecule has 1 unspecified atom stereocenters. The van der Waals surface area contributed by atoms with Gasteiger partial charge in [-0.2, -0.15) is 4.31 Å². The van der Waals surface area contributed by atoms with Gasteiger partial charge in [0.05, 0.1) is 12.4 Å². The first kappa shape index (κ1) is 23.5. The first-order valence-corrected chi connectivity index (χ1v) is 13.7. The zero-order valence-corrected chi connectivity index (χ0v) is 20.1. The summed E-state index contributed by atoms with van der Waals surface area (Å²) in [5.41, 5.74) is 2.87. The molecule has 2 heterocycles. The van der Waals surface area contributed by atoms with Crippen LogP contribution in [0.4, 0.5) is 4.79 Å². The normalized spacial score (nSPS) is 22.3. The van der Waals surface area contributed by atoms with E-state index < -0.39 is 16.1 Å². The zero-order valence-electron chi connectivity index (χ0n) is 19.3. The molecule has 4 rings (SSSR count). The van der Waals surface area contributed by atoms with Gasteiger partial charge >= 0.3 is 6.09 Å². The summed E-state index contributed by atoms with van der Waals surface area (Å²) in [5.74, 6) is 0.591. The molecule has 8 heteroatoms. The molecular formula is C24H36N2O5S. The standard InChI is InChI=1S/C24H36N2O5S/c1-24(11-12-24)31-23(28)25-13-8-18(9-14-25)4-3-5-22(27)20-6-7-21-17-26(32(2,29)30)15-10-19(21)16-20/h6-7,16,18,22,27H,3-5,8-15,17H2,1-2H3. The van der Waals surface area contributed by atoms with Gasteiger partial charge in [0.25, 0.3) is 0 Å². The number of nitrogens with zero attached hydrogens (tertiary/aromatic N) is 2. The number of aliphatic hydroxyl groups is 1. The van der Waals surface area contributed by atoms with Crippen molar-refractivity contribution in [1.82, 2.24) is 9.21 Å². The van der Waals surface area contributed by atoms with Crippen LogP contribution in [0, 0.1) is 5.92 Å². The summed E-state index contributed by atoms with van der Waals surface area (Å²) >= 11 is 0. The van der Waals surface area contributed by atoms with Crippen molar-refractivity contribution in [3.8, 4) is 0 Å². The summed E-state index contributed by atoms with van der Waals surface area (Å²) in [6.07, 6.45) is 7.95. The third-order valence-electron chi connectivity index (χ3n) is 7.31.